The zero-order valence-corrected chi connectivity index (χ0v) is 16.6. The summed E-state index contributed by atoms with van der Waals surface area (Å²) >= 11 is 1.46. The zero-order valence-electron chi connectivity index (χ0n) is 15.8. The number of benzene rings is 1. The highest BCUT2D eigenvalue weighted by molar-refractivity contribution is 7.12. The molecule has 8 heteroatoms. The van der Waals surface area contributed by atoms with E-state index >= 15 is 0 Å². The molecule has 1 saturated heterocycles. The van der Waals surface area contributed by atoms with E-state index in [0.29, 0.717) is 37.1 Å². The number of carbonyl (C=O) groups excluding carboxylic acids is 2. The van der Waals surface area contributed by atoms with Crippen LogP contribution in [0.5, 0.6) is 0 Å². The van der Waals surface area contributed by atoms with Crippen LogP contribution in [0.3, 0.4) is 0 Å². The van der Waals surface area contributed by atoms with Crippen LogP contribution in [0.15, 0.2) is 57.1 Å². The summed E-state index contributed by atoms with van der Waals surface area (Å²) in [5, 5.41) is 5.41. The fourth-order valence-electron chi connectivity index (χ4n) is 3.37. The van der Waals surface area contributed by atoms with E-state index in [1.54, 1.807) is 24.3 Å². The molecule has 1 aliphatic rings. The van der Waals surface area contributed by atoms with Crippen molar-refractivity contribution in [3.63, 3.8) is 0 Å². The number of thiophene rings is 1. The number of carbonyl (C=O) groups is 2. The first-order valence-corrected chi connectivity index (χ1v) is 10.4. The first-order chi connectivity index (χ1) is 14.1. The first kappa shape index (κ1) is 19.4. The van der Waals surface area contributed by atoms with Gasteiger partial charge in [-0.25, -0.2) is 4.79 Å². The Morgan fingerprint density at radius 1 is 1.07 bits per heavy atom. The molecule has 1 aliphatic heterocycles. The molecule has 150 valence electrons. The van der Waals surface area contributed by atoms with E-state index in [1.807, 2.05) is 28.5 Å². The van der Waals surface area contributed by atoms with Crippen LogP contribution in [0.4, 0.5) is 0 Å². The fourth-order valence-corrected chi connectivity index (χ4v) is 4.06. The number of hydrogen-bond donors (Lipinski definition) is 1. The molecule has 0 aliphatic carbocycles. The second-order valence-corrected chi connectivity index (χ2v) is 7.80. The van der Waals surface area contributed by atoms with E-state index in [2.05, 4.69) is 10.2 Å². The third-order valence-corrected chi connectivity index (χ3v) is 5.85. The van der Waals surface area contributed by atoms with Gasteiger partial charge in [-0.3, -0.25) is 14.5 Å². The van der Waals surface area contributed by atoms with Crippen molar-refractivity contribution in [2.45, 2.75) is 0 Å². The van der Waals surface area contributed by atoms with E-state index in [0.717, 1.165) is 18.0 Å². The van der Waals surface area contributed by atoms with Crippen molar-refractivity contribution in [3.8, 4) is 0 Å². The standard InChI is InChI=1S/C21H21N3O4S/c25-19(16-14-15-4-1-2-5-17(15)28-21(16)27)22-7-8-23-9-11-24(12-10-23)20(26)18-6-3-13-29-18/h1-6,13-14H,7-12H2,(H,22,25). The van der Waals surface area contributed by atoms with E-state index in [9.17, 15) is 14.4 Å². The van der Waals surface area contributed by atoms with E-state index in [1.165, 1.54) is 11.3 Å². The topological polar surface area (TPSA) is 82.9 Å². The molecule has 2 aromatic heterocycles. The number of amides is 2. The van der Waals surface area contributed by atoms with Crippen LogP contribution in [-0.4, -0.2) is 60.9 Å². The normalized spacial score (nSPS) is 14.8. The van der Waals surface area contributed by atoms with Crippen LogP contribution < -0.4 is 10.9 Å². The molecule has 0 bridgehead atoms. The number of hydrogen-bond acceptors (Lipinski definition) is 6. The highest BCUT2D eigenvalue weighted by atomic mass is 32.1. The van der Waals surface area contributed by atoms with Crippen LogP contribution in [0.2, 0.25) is 0 Å². The molecule has 0 unspecified atom stereocenters. The van der Waals surface area contributed by atoms with Crippen LogP contribution in [0, 0.1) is 0 Å². The van der Waals surface area contributed by atoms with Crippen molar-refractivity contribution < 1.29 is 14.0 Å². The van der Waals surface area contributed by atoms with Gasteiger partial charge in [-0.2, -0.15) is 0 Å². The Balaban J connectivity index is 1.27. The van der Waals surface area contributed by atoms with Crippen molar-refractivity contribution in [2.24, 2.45) is 0 Å². The molecule has 3 heterocycles. The SMILES string of the molecule is O=C(NCCN1CCN(C(=O)c2cccs2)CC1)c1cc2ccccc2oc1=O. The molecule has 1 fully saturated rings. The lowest BCUT2D eigenvalue weighted by atomic mass is 10.2. The largest absolute Gasteiger partial charge is 0.422 e. The van der Waals surface area contributed by atoms with Crippen molar-refractivity contribution in [1.29, 1.82) is 0 Å². The second kappa shape index (κ2) is 8.59. The van der Waals surface area contributed by atoms with E-state index < -0.39 is 11.5 Å². The summed E-state index contributed by atoms with van der Waals surface area (Å²) < 4.78 is 5.21. The highest BCUT2D eigenvalue weighted by Crippen LogP contribution is 2.14. The quantitative estimate of drug-likeness (QED) is 0.650. The average Bonchev–Trinajstić information content (AvgIpc) is 3.28. The van der Waals surface area contributed by atoms with Gasteiger partial charge in [0.05, 0.1) is 4.88 Å². The summed E-state index contributed by atoms with van der Waals surface area (Å²) in [6, 6.07) is 12.4. The summed E-state index contributed by atoms with van der Waals surface area (Å²) in [4.78, 5) is 41.6. The second-order valence-electron chi connectivity index (χ2n) is 6.85. The Labute approximate surface area is 171 Å². The van der Waals surface area contributed by atoms with Gasteiger partial charge < -0.3 is 14.6 Å². The predicted molar refractivity (Wildman–Crippen MR) is 111 cm³/mol. The molecule has 1 N–H and O–H groups in total. The number of para-hydroxylation sites is 1. The molecule has 0 saturated carbocycles. The van der Waals surface area contributed by atoms with Crippen molar-refractivity contribution in [3.05, 3.63) is 68.7 Å². The molecule has 3 aromatic rings. The average molecular weight is 411 g/mol. The molecular weight excluding hydrogens is 390 g/mol. The van der Waals surface area contributed by atoms with Gasteiger partial charge in [-0.1, -0.05) is 24.3 Å². The van der Waals surface area contributed by atoms with Gasteiger partial charge >= 0.3 is 5.63 Å². The Kier molecular flexibility index (Phi) is 5.73. The van der Waals surface area contributed by atoms with E-state index in [-0.39, 0.29) is 11.5 Å². The lowest BCUT2D eigenvalue weighted by Gasteiger charge is -2.34. The highest BCUT2D eigenvalue weighted by Gasteiger charge is 2.22. The molecule has 2 amide bonds. The number of piperazine rings is 1. The molecule has 29 heavy (non-hydrogen) atoms. The van der Waals surface area contributed by atoms with Crippen LogP contribution in [0.25, 0.3) is 11.0 Å². The fraction of sp³-hybridized carbons (Fsp3) is 0.286. The lowest BCUT2D eigenvalue weighted by molar-refractivity contribution is 0.0642. The summed E-state index contributed by atoms with van der Waals surface area (Å²) in [5.74, 6) is -0.355. The molecule has 4 rings (SSSR count). The molecule has 1 aromatic carbocycles. The van der Waals surface area contributed by atoms with Gasteiger partial charge in [0.2, 0.25) is 0 Å². The van der Waals surface area contributed by atoms with Gasteiger partial charge in [0.15, 0.2) is 0 Å². The Morgan fingerprint density at radius 2 is 1.86 bits per heavy atom. The molecule has 0 atom stereocenters. The summed E-state index contributed by atoms with van der Waals surface area (Å²) in [6.07, 6.45) is 0. The summed E-state index contributed by atoms with van der Waals surface area (Å²) in [5.41, 5.74) is -0.166. The van der Waals surface area contributed by atoms with Crippen molar-refractivity contribution >= 4 is 34.1 Å². The maximum Gasteiger partial charge on any atom is 0.349 e. The van der Waals surface area contributed by atoms with Crippen LogP contribution in [-0.2, 0) is 0 Å². The molecule has 0 radical (unpaired) electrons. The van der Waals surface area contributed by atoms with Gasteiger partial charge in [-0.15, -0.1) is 11.3 Å². The maximum atomic E-state index is 12.4. The predicted octanol–water partition coefficient (Wildman–Crippen LogP) is 2.04. The third kappa shape index (κ3) is 4.38. The minimum absolute atomic E-state index is 0.00932. The Hall–Kier alpha value is -2.97. The van der Waals surface area contributed by atoms with Gasteiger partial charge in [0.1, 0.15) is 11.1 Å². The molecule has 0 spiro atoms. The van der Waals surface area contributed by atoms with Crippen LogP contribution in [0.1, 0.15) is 20.0 Å². The number of nitrogens with zero attached hydrogens (tertiary/aromatic N) is 2. The monoisotopic (exact) mass is 411 g/mol. The van der Waals surface area contributed by atoms with Gasteiger partial charge in [0.25, 0.3) is 11.8 Å². The summed E-state index contributed by atoms with van der Waals surface area (Å²) in [6.45, 7) is 3.92. The minimum atomic E-state index is -0.637. The van der Waals surface area contributed by atoms with Crippen molar-refractivity contribution in [2.75, 3.05) is 39.3 Å². The van der Waals surface area contributed by atoms with E-state index in [4.69, 9.17) is 4.42 Å². The Bertz CT molecular complexity index is 1070. The first-order valence-electron chi connectivity index (χ1n) is 9.48. The minimum Gasteiger partial charge on any atom is -0.422 e. The van der Waals surface area contributed by atoms with Gasteiger partial charge in [-0.05, 0) is 23.6 Å². The molecular formula is C21H21N3O4S. The van der Waals surface area contributed by atoms with Gasteiger partial charge in [0, 0.05) is 44.7 Å². The van der Waals surface area contributed by atoms with Crippen LogP contribution >= 0.6 is 11.3 Å². The number of rotatable bonds is 5. The number of fused-ring (bicyclic) bond motifs is 1. The maximum absolute atomic E-state index is 12.4. The molecule has 7 nitrogen and oxygen atoms in total. The van der Waals surface area contributed by atoms with Crippen molar-refractivity contribution in [1.82, 2.24) is 15.1 Å². The Morgan fingerprint density at radius 3 is 2.62 bits per heavy atom. The zero-order chi connectivity index (χ0) is 20.2. The smallest absolute Gasteiger partial charge is 0.349 e. The number of nitrogens with one attached hydrogen (secondary N) is 1. The summed E-state index contributed by atoms with van der Waals surface area (Å²) in [7, 11) is 0. The lowest BCUT2D eigenvalue weighted by Crippen LogP contribution is -2.50. The third-order valence-electron chi connectivity index (χ3n) is 4.99.